The average Bonchev–Trinajstić information content (AvgIpc) is 2.65. The van der Waals surface area contributed by atoms with Crippen molar-refractivity contribution in [3.8, 4) is 5.75 Å². The molecule has 2 aromatic carbocycles. The van der Waals surface area contributed by atoms with Crippen LogP contribution in [0.4, 0.5) is 5.69 Å². The normalized spacial score (nSPS) is 13.8. The van der Waals surface area contributed by atoms with Crippen molar-refractivity contribution >= 4 is 28.3 Å². The van der Waals surface area contributed by atoms with Gasteiger partial charge >= 0.3 is 0 Å². The largest absolute Gasteiger partial charge is 0.497 e. The Balaban J connectivity index is 1.98. The summed E-state index contributed by atoms with van der Waals surface area (Å²) in [6, 6.07) is 15.5. The number of anilines is 1. The van der Waals surface area contributed by atoms with Crippen LogP contribution in [-0.2, 0) is 4.79 Å². The molecule has 0 fully saturated rings. The van der Waals surface area contributed by atoms with Crippen molar-refractivity contribution in [3.63, 3.8) is 0 Å². The number of carbonyl (C=O) groups excluding carboxylic acids is 1. The lowest BCUT2D eigenvalue weighted by atomic mass is 10.2. The Morgan fingerprint density at radius 1 is 1.05 bits per heavy atom. The second-order valence-corrected chi connectivity index (χ2v) is 5.41. The summed E-state index contributed by atoms with van der Waals surface area (Å²) in [5, 5.41) is 2.88. The zero-order valence-corrected chi connectivity index (χ0v) is 11.7. The van der Waals surface area contributed by atoms with Crippen LogP contribution in [0.3, 0.4) is 0 Å². The van der Waals surface area contributed by atoms with Crippen molar-refractivity contribution in [1.29, 1.82) is 0 Å². The molecule has 0 atom stereocenters. The van der Waals surface area contributed by atoms with E-state index < -0.39 is 0 Å². The highest BCUT2D eigenvalue weighted by molar-refractivity contribution is 8.08. The molecule has 1 N–H and O–H groups in total. The number of nitrogens with one attached hydrogen (secondary N) is 1. The van der Waals surface area contributed by atoms with Gasteiger partial charge in [0, 0.05) is 15.9 Å². The molecule has 3 rings (SSSR count). The van der Waals surface area contributed by atoms with Gasteiger partial charge in [0.25, 0.3) is 0 Å². The van der Waals surface area contributed by atoms with Gasteiger partial charge in [-0.2, -0.15) is 0 Å². The van der Waals surface area contributed by atoms with E-state index in [1.54, 1.807) is 24.9 Å². The molecule has 20 heavy (non-hydrogen) atoms. The van der Waals surface area contributed by atoms with Crippen LogP contribution in [-0.4, -0.2) is 13.0 Å². The van der Waals surface area contributed by atoms with Crippen LogP contribution in [0.1, 0.15) is 5.56 Å². The third-order valence-electron chi connectivity index (χ3n) is 3.00. The van der Waals surface area contributed by atoms with Gasteiger partial charge in [0.2, 0.25) is 5.91 Å². The summed E-state index contributed by atoms with van der Waals surface area (Å²) in [6.45, 7) is 0. The van der Waals surface area contributed by atoms with Crippen LogP contribution in [0.5, 0.6) is 5.75 Å². The highest BCUT2D eigenvalue weighted by atomic mass is 32.2. The molecule has 0 bridgehead atoms. The van der Waals surface area contributed by atoms with E-state index in [1.807, 2.05) is 48.5 Å². The number of ether oxygens (including phenoxy) is 1. The number of hydrogen-bond acceptors (Lipinski definition) is 3. The Morgan fingerprint density at radius 2 is 1.80 bits per heavy atom. The molecule has 0 radical (unpaired) electrons. The van der Waals surface area contributed by atoms with E-state index in [1.165, 1.54) is 0 Å². The number of amides is 1. The van der Waals surface area contributed by atoms with Crippen LogP contribution in [0.2, 0.25) is 0 Å². The molecule has 1 heterocycles. The van der Waals surface area contributed by atoms with Crippen molar-refractivity contribution in [2.75, 3.05) is 12.4 Å². The molecule has 3 nitrogen and oxygen atoms in total. The van der Waals surface area contributed by atoms with E-state index in [0.29, 0.717) is 0 Å². The first-order valence-electron chi connectivity index (χ1n) is 6.20. The Labute approximate surface area is 121 Å². The van der Waals surface area contributed by atoms with E-state index in [-0.39, 0.29) is 5.91 Å². The summed E-state index contributed by atoms with van der Waals surface area (Å²) in [5.74, 6) is 0.700. The molecule has 0 saturated heterocycles. The minimum absolute atomic E-state index is 0.103. The fourth-order valence-electron chi connectivity index (χ4n) is 1.99. The number of fused-ring (bicyclic) bond motifs is 1. The molecule has 1 amide bonds. The zero-order valence-electron chi connectivity index (χ0n) is 10.9. The maximum Gasteiger partial charge on any atom is 0.249 e. The number of para-hydroxylation sites is 1. The minimum Gasteiger partial charge on any atom is -0.497 e. The summed E-state index contributed by atoms with van der Waals surface area (Å²) in [6.07, 6.45) is 1.63. The Hall–Kier alpha value is -2.20. The van der Waals surface area contributed by atoms with Crippen LogP contribution < -0.4 is 10.1 Å². The lowest BCUT2D eigenvalue weighted by molar-refractivity contribution is -0.111. The van der Waals surface area contributed by atoms with Gasteiger partial charge in [-0.15, -0.1) is 0 Å². The van der Waals surface area contributed by atoms with Gasteiger partial charge in [0.1, 0.15) is 5.75 Å². The fourth-order valence-corrected chi connectivity index (χ4v) is 3.02. The first kappa shape index (κ1) is 12.8. The van der Waals surface area contributed by atoms with E-state index in [4.69, 9.17) is 4.74 Å². The molecular formula is C16H13NO2S. The maximum atomic E-state index is 11.9. The van der Waals surface area contributed by atoms with Gasteiger partial charge in [-0.05, 0) is 29.8 Å². The predicted molar refractivity (Wildman–Crippen MR) is 81.9 cm³/mol. The summed E-state index contributed by atoms with van der Waals surface area (Å²) < 4.78 is 5.15. The molecule has 1 aliphatic rings. The number of thioether (sulfide) groups is 1. The fraction of sp³-hybridized carbons (Fsp3) is 0.0625. The van der Waals surface area contributed by atoms with E-state index in [2.05, 4.69) is 5.32 Å². The predicted octanol–water partition coefficient (Wildman–Crippen LogP) is 3.78. The Kier molecular flexibility index (Phi) is 3.48. The zero-order chi connectivity index (χ0) is 13.9. The maximum absolute atomic E-state index is 11.9. The van der Waals surface area contributed by atoms with Crippen LogP contribution in [0.25, 0.3) is 4.91 Å². The lowest BCUT2D eigenvalue weighted by Crippen LogP contribution is -2.07. The first-order chi connectivity index (χ1) is 9.76. The second-order valence-electron chi connectivity index (χ2n) is 4.32. The summed E-state index contributed by atoms with van der Waals surface area (Å²) in [5.41, 5.74) is 1.85. The molecule has 100 valence electrons. The van der Waals surface area contributed by atoms with E-state index in [9.17, 15) is 4.79 Å². The molecule has 0 unspecified atom stereocenters. The Bertz CT molecular complexity index is 677. The van der Waals surface area contributed by atoms with Crippen LogP contribution in [0, 0.1) is 0 Å². The number of rotatable bonds is 2. The number of methoxy groups -OCH3 is 1. The molecule has 0 saturated carbocycles. The molecule has 0 aromatic heterocycles. The molecule has 4 heteroatoms. The highest BCUT2D eigenvalue weighted by Crippen LogP contribution is 2.40. The molecular weight excluding hydrogens is 270 g/mol. The second kappa shape index (κ2) is 5.43. The van der Waals surface area contributed by atoms with Crippen molar-refractivity contribution in [3.05, 3.63) is 60.2 Å². The SMILES string of the molecule is COc1ccc(C2=CC(=O)Nc3ccccc3S2)cc1. The lowest BCUT2D eigenvalue weighted by Gasteiger charge is -2.08. The summed E-state index contributed by atoms with van der Waals surface area (Å²) in [4.78, 5) is 13.9. The van der Waals surface area contributed by atoms with Gasteiger partial charge in [0.05, 0.1) is 12.8 Å². The standard InChI is InChI=1S/C16H13NO2S/c1-19-12-8-6-11(7-9-12)15-10-16(18)17-13-4-2-3-5-14(13)20-15/h2-10H,1H3,(H,17,18). The minimum atomic E-state index is -0.103. The molecule has 0 spiro atoms. The van der Waals surface area contributed by atoms with Gasteiger partial charge in [-0.1, -0.05) is 36.0 Å². The number of carbonyl (C=O) groups is 1. The monoisotopic (exact) mass is 283 g/mol. The molecule has 0 aliphatic carbocycles. The topological polar surface area (TPSA) is 38.3 Å². The van der Waals surface area contributed by atoms with Gasteiger partial charge < -0.3 is 10.1 Å². The van der Waals surface area contributed by atoms with E-state index in [0.717, 1.165) is 26.8 Å². The summed E-state index contributed by atoms with van der Waals surface area (Å²) in [7, 11) is 1.64. The smallest absolute Gasteiger partial charge is 0.249 e. The van der Waals surface area contributed by atoms with Gasteiger partial charge in [0.15, 0.2) is 0 Å². The molecule has 1 aliphatic heterocycles. The first-order valence-corrected chi connectivity index (χ1v) is 7.02. The van der Waals surface area contributed by atoms with Crippen LogP contribution >= 0.6 is 11.8 Å². The van der Waals surface area contributed by atoms with Gasteiger partial charge in [-0.25, -0.2) is 0 Å². The molecule has 2 aromatic rings. The quantitative estimate of drug-likeness (QED) is 0.911. The third kappa shape index (κ3) is 2.56. The van der Waals surface area contributed by atoms with Gasteiger partial charge in [-0.3, -0.25) is 4.79 Å². The van der Waals surface area contributed by atoms with Crippen molar-refractivity contribution in [2.45, 2.75) is 4.90 Å². The van der Waals surface area contributed by atoms with Crippen molar-refractivity contribution in [1.82, 2.24) is 0 Å². The number of benzene rings is 2. The highest BCUT2D eigenvalue weighted by Gasteiger charge is 2.15. The average molecular weight is 283 g/mol. The third-order valence-corrected chi connectivity index (χ3v) is 4.15. The van der Waals surface area contributed by atoms with E-state index >= 15 is 0 Å². The number of hydrogen-bond donors (Lipinski definition) is 1. The summed E-state index contributed by atoms with van der Waals surface area (Å²) >= 11 is 1.59. The van der Waals surface area contributed by atoms with Crippen molar-refractivity contribution < 1.29 is 9.53 Å². The Morgan fingerprint density at radius 3 is 2.55 bits per heavy atom. The van der Waals surface area contributed by atoms with Crippen molar-refractivity contribution in [2.24, 2.45) is 0 Å². The van der Waals surface area contributed by atoms with Crippen LogP contribution in [0.15, 0.2) is 59.5 Å².